The molecule has 4 rings (SSSR count). The van der Waals surface area contributed by atoms with E-state index in [1.807, 2.05) is 12.1 Å². The van der Waals surface area contributed by atoms with E-state index in [4.69, 9.17) is 14.3 Å². The number of aromatic hydroxyl groups is 1. The summed E-state index contributed by atoms with van der Waals surface area (Å²) in [7, 11) is 0. The first-order chi connectivity index (χ1) is 10.2. The molecular formula is C16H19NO4. The topological polar surface area (TPSA) is 60.3 Å². The summed E-state index contributed by atoms with van der Waals surface area (Å²) in [6.07, 6.45) is 4.08. The maximum absolute atomic E-state index is 9.90. The molecule has 0 radical (unpaired) electrons. The van der Waals surface area contributed by atoms with Gasteiger partial charge >= 0.3 is 0 Å². The number of benzene rings is 1. The Hall–Kier alpha value is -1.75. The molecule has 1 aromatic rings. The summed E-state index contributed by atoms with van der Waals surface area (Å²) in [5.74, 6) is 1.36. The standard InChI is InChI=1S/C16H19NO4/c18-14-4-3-12(7-15(14)20-9-11-1-2-11)13-8-16(21-17-13)5-6-19-10-16/h3-4,7,11,18H,1-2,5-6,8-10H2/t16-/m0/s1. The van der Waals surface area contributed by atoms with Crippen molar-refractivity contribution in [2.24, 2.45) is 11.1 Å². The van der Waals surface area contributed by atoms with Crippen LogP contribution in [0.4, 0.5) is 0 Å². The Kier molecular flexibility index (Phi) is 3.03. The van der Waals surface area contributed by atoms with Crippen LogP contribution in [0.5, 0.6) is 11.5 Å². The van der Waals surface area contributed by atoms with Crippen molar-refractivity contribution in [1.29, 1.82) is 0 Å². The first kappa shape index (κ1) is 13.0. The summed E-state index contributed by atoms with van der Waals surface area (Å²) in [4.78, 5) is 5.61. The van der Waals surface area contributed by atoms with E-state index >= 15 is 0 Å². The minimum absolute atomic E-state index is 0.179. The second kappa shape index (κ2) is 4.91. The van der Waals surface area contributed by atoms with Crippen molar-refractivity contribution >= 4 is 5.71 Å². The van der Waals surface area contributed by atoms with Crippen LogP contribution in [0.2, 0.25) is 0 Å². The van der Waals surface area contributed by atoms with Crippen LogP contribution in [0.15, 0.2) is 23.4 Å². The third-order valence-electron chi connectivity index (χ3n) is 4.37. The van der Waals surface area contributed by atoms with Crippen LogP contribution in [0.1, 0.15) is 31.2 Å². The van der Waals surface area contributed by atoms with E-state index in [9.17, 15) is 5.11 Å². The molecule has 1 atom stereocenters. The summed E-state index contributed by atoms with van der Waals surface area (Å²) in [6, 6.07) is 5.38. The fourth-order valence-corrected chi connectivity index (χ4v) is 2.78. The van der Waals surface area contributed by atoms with Gasteiger partial charge in [-0.2, -0.15) is 0 Å². The van der Waals surface area contributed by atoms with Gasteiger partial charge in [0.25, 0.3) is 0 Å². The second-order valence-corrected chi connectivity index (χ2v) is 6.23. The Morgan fingerprint density at radius 2 is 2.29 bits per heavy atom. The Morgan fingerprint density at radius 1 is 1.38 bits per heavy atom. The molecule has 1 saturated carbocycles. The first-order valence-electron chi connectivity index (χ1n) is 7.53. The van der Waals surface area contributed by atoms with Crippen LogP contribution in [0.3, 0.4) is 0 Å². The molecule has 1 spiro atoms. The molecule has 0 amide bonds. The van der Waals surface area contributed by atoms with E-state index < -0.39 is 0 Å². The molecule has 5 nitrogen and oxygen atoms in total. The molecule has 1 aromatic carbocycles. The molecule has 1 N–H and O–H groups in total. The van der Waals surface area contributed by atoms with Gasteiger partial charge in [-0.05, 0) is 37.0 Å². The lowest BCUT2D eigenvalue weighted by molar-refractivity contribution is -0.0237. The fourth-order valence-electron chi connectivity index (χ4n) is 2.78. The monoisotopic (exact) mass is 289 g/mol. The van der Waals surface area contributed by atoms with Gasteiger partial charge in [-0.15, -0.1) is 0 Å². The number of phenols is 1. The highest BCUT2D eigenvalue weighted by Crippen LogP contribution is 2.36. The quantitative estimate of drug-likeness (QED) is 0.925. The molecule has 112 valence electrons. The summed E-state index contributed by atoms with van der Waals surface area (Å²) in [5, 5.41) is 14.1. The van der Waals surface area contributed by atoms with E-state index in [2.05, 4.69) is 5.16 Å². The van der Waals surface area contributed by atoms with E-state index in [0.29, 0.717) is 24.9 Å². The van der Waals surface area contributed by atoms with Crippen LogP contribution in [-0.4, -0.2) is 36.2 Å². The van der Waals surface area contributed by atoms with Gasteiger partial charge in [0.2, 0.25) is 0 Å². The number of phenolic OH excluding ortho intramolecular Hbond substituents is 1. The normalized spacial score (nSPS) is 27.7. The zero-order valence-electron chi connectivity index (χ0n) is 11.9. The van der Waals surface area contributed by atoms with Crippen LogP contribution in [0.25, 0.3) is 0 Å². The lowest BCUT2D eigenvalue weighted by atomic mass is 9.93. The zero-order chi connectivity index (χ0) is 14.3. The smallest absolute Gasteiger partial charge is 0.168 e. The van der Waals surface area contributed by atoms with E-state index in [-0.39, 0.29) is 11.4 Å². The molecule has 2 fully saturated rings. The van der Waals surface area contributed by atoms with Crippen molar-refractivity contribution in [1.82, 2.24) is 0 Å². The largest absolute Gasteiger partial charge is 0.504 e. The average molecular weight is 289 g/mol. The maximum atomic E-state index is 9.90. The van der Waals surface area contributed by atoms with Gasteiger partial charge in [-0.25, -0.2) is 0 Å². The van der Waals surface area contributed by atoms with Gasteiger partial charge in [0, 0.05) is 18.4 Å². The summed E-state index contributed by atoms with van der Waals surface area (Å²) < 4.78 is 11.1. The van der Waals surface area contributed by atoms with Crippen LogP contribution < -0.4 is 4.74 Å². The molecule has 5 heteroatoms. The average Bonchev–Trinajstić information content (AvgIpc) is 3.06. The van der Waals surface area contributed by atoms with Crippen molar-refractivity contribution in [2.45, 2.75) is 31.3 Å². The van der Waals surface area contributed by atoms with Crippen molar-refractivity contribution in [2.75, 3.05) is 19.8 Å². The molecule has 1 aliphatic carbocycles. The Balaban J connectivity index is 1.50. The first-order valence-corrected chi connectivity index (χ1v) is 7.53. The number of nitrogens with zero attached hydrogens (tertiary/aromatic N) is 1. The van der Waals surface area contributed by atoms with E-state index in [1.165, 1.54) is 12.8 Å². The molecule has 0 aromatic heterocycles. The van der Waals surface area contributed by atoms with Crippen molar-refractivity contribution in [3.05, 3.63) is 23.8 Å². The molecule has 3 aliphatic rings. The summed E-state index contributed by atoms with van der Waals surface area (Å²) in [5.41, 5.74) is 1.57. The SMILES string of the molecule is Oc1ccc(C2=NO[C@@]3(CCOC3)C2)cc1OCC1CC1. The number of ether oxygens (including phenoxy) is 2. The third-order valence-corrected chi connectivity index (χ3v) is 4.37. The Bertz CT molecular complexity index is 574. The predicted molar refractivity (Wildman–Crippen MR) is 76.7 cm³/mol. The molecule has 2 aliphatic heterocycles. The second-order valence-electron chi connectivity index (χ2n) is 6.23. The zero-order valence-corrected chi connectivity index (χ0v) is 11.9. The van der Waals surface area contributed by atoms with Crippen LogP contribution in [0, 0.1) is 5.92 Å². The minimum atomic E-state index is -0.276. The molecule has 0 unspecified atom stereocenters. The number of hydrogen-bond acceptors (Lipinski definition) is 5. The van der Waals surface area contributed by atoms with Gasteiger partial charge in [-0.1, -0.05) is 5.16 Å². The van der Waals surface area contributed by atoms with Gasteiger partial charge in [0.15, 0.2) is 17.1 Å². The molecule has 1 saturated heterocycles. The number of hydrogen-bond donors (Lipinski definition) is 1. The van der Waals surface area contributed by atoms with E-state index in [1.54, 1.807) is 6.07 Å². The van der Waals surface area contributed by atoms with Crippen LogP contribution >= 0.6 is 0 Å². The highest BCUT2D eigenvalue weighted by molar-refractivity contribution is 6.02. The van der Waals surface area contributed by atoms with Gasteiger partial charge in [0.1, 0.15) is 0 Å². The maximum Gasteiger partial charge on any atom is 0.168 e. The van der Waals surface area contributed by atoms with Crippen molar-refractivity contribution < 1.29 is 19.4 Å². The van der Waals surface area contributed by atoms with Crippen molar-refractivity contribution in [3.63, 3.8) is 0 Å². The molecule has 2 heterocycles. The number of rotatable bonds is 4. The summed E-state index contributed by atoms with van der Waals surface area (Å²) in [6.45, 7) is 2.01. The lowest BCUT2D eigenvalue weighted by Crippen LogP contribution is -2.29. The van der Waals surface area contributed by atoms with Gasteiger partial charge < -0.3 is 19.4 Å². The third kappa shape index (κ3) is 2.58. The minimum Gasteiger partial charge on any atom is -0.504 e. The van der Waals surface area contributed by atoms with Gasteiger partial charge in [0.05, 0.1) is 25.5 Å². The Morgan fingerprint density at radius 3 is 3.05 bits per heavy atom. The fraction of sp³-hybridized carbons (Fsp3) is 0.562. The predicted octanol–water partition coefficient (Wildman–Crippen LogP) is 2.46. The number of oxime groups is 1. The molecule has 0 bridgehead atoms. The van der Waals surface area contributed by atoms with E-state index in [0.717, 1.165) is 30.7 Å². The highest BCUT2D eigenvalue weighted by Gasteiger charge is 2.43. The van der Waals surface area contributed by atoms with Gasteiger partial charge in [-0.3, -0.25) is 0 Å². The lowest BCUT2D eigenvalue weighted by Gasteiger charge is -2.17. The highest BCUT2D eigenvalue weighted by atomic mass is 16.7. The van der Waals surface area contributed by atoms with Crippen molar-refractivity contribution in [3.8, 4) is 11.5 Å². The summed E-state index contributed by atoms with van der Waals surface area (Å²) >= 11 is 0. The molecular weight excluding hydrogens is 270 g/mol. The Labute approximate surface area is 123 Å². The van der Waals surface area contributed by atoms with Crippen LogP contribution in [-0.2, 0) is 9.57 Å². The molecule has 21 heavy (non-hydrogen) atoms.